The molecular formula is C14H14N4O2S. The molecule has 1 aliphatic rings. The molecule has 1 amide bonds. The molecule has 0 aromatic carbocycles. The van der Waals surface area contributed by atoms with Gasteiger partial charge in [-0.25, -0.2) is 4.68 Å². The topological polar surface area (TPSA) is 68.4 Å². The fourth-order valence-corrected chi connectivity index (χ4v) is 3.49. The number of aromatic nitrogens is 3. The van der Waals surface area contributed by atoms with Crippen molar-refractivity contribution < 1.29 is 4.79 Å². The Balaban J connectivity index is 1.80. The Hall–Kier alpha value is -2.15. The van der Waals surface area contributed by atoms with Crippen molar-refractivity contribution in [2.45, 2.75) is 32.4 Å². The molecule has 1 N–H and O–H groups in total. The molecule has 108 valence electrons. The Morgan fingerprint density at radius 3 is 3.10 bits per heavy atom. The van der Waals surface area contributed by atoms with Crippen LogP contribution in [0.5, 0.6) is 0 Å². The van der Waals surface area contributed by atoms with Gasteiger partial charge in [-0.15, -0.1) is 11.3 Å². The third kappa shape index (κ3) is 2.04. The van der Waals surface area contributed by atoms with Crippen molar-refractivity contribution in [2.24, 2.45) is 0 Å². The van der Waals surface area contributed by atoms with Crippen molar-refractivity contribution in [3.63, 3.8) is 0 Å². The maximum absolute atomic E-state index is 12.5. The summed E-state index contributed by atoms with van der Waals surface area (Å²) in [6, 6.07) is 4.13. The average molecular weight is 302 g/mol. The normalized spacial score (nSPS) is 14.9. The van der Waals surface area contributed by atoms with Crippen LogP contribution in [-0.2, 0) is 11.3 Å². The summed E-state index contributed by atoms with van der Waals surface area (Å²) in [5, 5.41) is 10.2. The number of hydrogen-bond donors (Lipinski definition) is 1. The van der Waals surface area contributed by atoms with Gasteiger partial charge in [0.05, 0.1) is 0 Å². The van der Waals surface area contributed by atoms with Crippen LogP contribution in [0.2, 0.25) is 0 Å². The van der Waals surface area contributed by atoms with Crippen molar-refractivity contribution in [3.8, 4) is 0 Å². The van der Waals surface area contributed by atoms with Crippen molar-refractivity contribution >= 4 is 33.0 Å². The van der Waals surface area contributed by atoms with E-state index in [-0.39, 0.29) is 24.1 Å². The lowest BCUT2D eigenvalue weighted by atomic mass is 10.4. The van der Waals surface area contributed by atoms with Crippen LogP contribution in [0.1, 0.15) is 18.7 Å². The van der Waals surface area contributed by atoms with Gasteiger partial charge in [0.15, 0.2) is 0 Å². The standard InChI is InChI=1S/C14H14N4O2S/c1-8-16-17(7-12(19)15-10-2-3-10)13(20)11-6-9-4-5-21-14(9)18(8)11/h4-6,10H,2-3,7H2,1H3,(H,15,19). The van der Waals surface area contributed by atoms with E-state index in [0.717, 1.165) is 23.1 Å². The number of nitrogens with one attached hydrogen (secondary N) is 1. The summed E-state index contributed by atoms with van der Waals surface area (Å²) < 4.78 is 3.11. The first-order chi connectivity index (χ1) is 10.1. The van der Waals surface area contributed by atoms with E-state index in [1.54, 1.807) is 11.3 Å². The second-order valence-corrected chi connectivity index (χ2v) is 6.29. The highest BCUT2D eigenvalue weighted by molar-refractivity contribution is 7.16. The highest BCUT2D eigenvalue weighted by atomic mass is 32.1. The van der Waals surface area contributed by atoms with E-state index >= 15 is 0 Å². The van der Waals surface area contributed by atoms with Gasteiger partial charge in [0.2, 0.25) is 5.91 Å². The van der Waals surface area contributed by atoms with Crippen molar-refractivity contribution in [2.75, 3.05) is 0 Å². The zero-order chi connectivity index (χ0) is 14.6. The van der Waals surface area contributed by atoms with Gasteiger partial charge in [-0.3, -0.25) is 14.0 Å². The summed E-state index contributed by atoms with van der Waals surface area (Å²) in [6.07, 6.45) is 2.06. The predicted molar refractivity (Wildman–Crippen MR) is 80.7 cm³/mol. The summed E-state index contributed by atoms with van der Waals surface area (Å²) >= 11 is 1.58. The van der Waals surface area contributed by atoms with Crippen LogP contribution >= 0.6 is 11.3 Å². The molecule has 6 nitrogen and oxygen atoms in total. The Bertz CT molecular complexity index is 916. The number of carbonyl (C=O) groups excluding carboxylic acids is 1. The third-order valence-electron chi connectivity index (χ3n) is 3.69. The second-order valence-electron chi connectivity index (χ2n) is 5.40. The van der Waals surface area contributed by atoms with Crippen molar-refractivity contribution in [1.29, 1.82) is 0 Å². The van der Waals surface area contributed by atoms with E-state index < -0.39 is 0 Å². The van der Waals surface area contributed by atoms with Gasteiger partial charge in [-0.2, -0.15) is 5.10 Å². The first-order valence-electron chi connectivity index (χ1n) is 6.89. The van der Waals surface area contributed by atoms with E-state index in [1.807, 2.05) is 28.8 Å². The molecule has 0 atom stereocenters. The minimum absolute atomic E-state index is 0.0223. The van der Waals surface area contributed by atoms with E-state index in [4.69, 9.17) is 0 Å². The van der Waals surface area contributed by atoms with Gasteiger partial charge >= 0.3 is 0 Å². The summed E-state index contributed by atoms with van der Waals surface area (Å²) in [5.41, 5.74) is 0.346. The predicted octanol–water partition coefficient (Wildman–Crippen LogP) is 1.30. The number of amides is 1. The number of fused-ring (bicyclic) bond motifs is 3. The van der Waals surface area contributed by atoms with Gasteiger partial charge in [0.1, 0.15) is 22.7 Å². The molecule has 7 heteroatoms. The van der Waals surface area contributed by atoms with Crippen LogP contribution in [0, 0.1) is 6.92 Å². The lowest BCUT2D eigenvalue weighted by Crippen LogP contribution is -2.35. The molecular weight excluding hydrogens is 288 g/mol. The molecule has 21 heavy (non-hydrogen) atoms. The maximum Gasteiger partial charge on any atom is 0.291 e. The zero-order valence-corrected chi connectivity index (χ0v) is 12.3. The molecule has 3 aromatic rings. The minimum atomic E-state index is -0.227. The highest BCUT2D eigenvalue weighted by Crippen LogP contribution is 2.24. The van der Waals surface area contributed by atoms with Crippen LogP contribution in [0.15, 0.2) is 22.3 Å². The zero-order valence-electron chi connectivity index (χ0n) is 11.5. The average Bonchev–Trinajstić information content (AvgIpc) is 2.99. The van der Waals surface area contributed by atoms with Crippen LogP contribution in [0.3, 0.4) is 0 Å². The number of aryl methyl sites for hydroxylation is 1. The molecule has 0 aliphatic heterocycles. The monoisotopic (exact) mass is 302 g/mol. The SMILES string of the molecule is Cc1nn(CC(=O)NC2CC2)c(=O)c2cc3ccsc3n12. The Kier molecular flexibility index (Phi) is 2.65. The lowest BCUT2D eigenvalue weighted by molar-refractivity contribution is -0.122. The van der Waals surface area contributed by atoms with Crippen LogP contribution in [0.25, 0.3) is 15.7 Å². The van der Waals surface area contributed by atoms with E-state index in [2.05, 4.69) is 10.4 Å². The molecule has 0 radical (unpaired) electrons. The highest BCUT2D eigenvalue weighted by Gasteiger charge is 2.24. The van der Waals surface area contributed by atoms with Crippen molar-refractivity contribution in [1.82, 2.24) is 19.5 Å². The molecule has 0 saturated heterocycles. The molecule has 0 bridgehead atoms. The first-order valence-corrected chi connectivity index (χ1v) is 7.77. The number of carbonyl (C=O) groups is 1. The van der Waals surface area contributed by atoms with Gasteiger partial charge in [0, 0.05) is 11.4 Å². The number of nitrogens with zero attached hydrogens (tertiary/aromatic N) is 3. The van der Waals surface area contributed by atoms with E-state index in [0.29, 0.717) is 11.3 Å². The summed E-state index contributed by atoms with van der Waals surface area (Å²) in [7, 11) is 0. The molecule has 1 aliphatic carbocycles. The fraction of sp³-hybridized carbons (Fsp3) is 0.357. The van der Waals surface area contributed by atoms with E-state index in [1.165, 1.54) is 4.68 Å². The smallest absolute Gasteiger partial charge is 0.291 e. The van der Waals surface area contributed by atoms with Gasteiger partial charge < -0.3 is 5.32 Å². The Morgan fingerprint density at radius 1 is 1.52 bits per heavy atom. The van der Waals surface area contributed by atoms with Crippen LogP contribution in [-0.4, -0.2) is 26.1 Å². The number of rotatable bonds is 3. The van der Waals surface area contributed by atoms with Crippen molar-refractivity contribution in [3.05, 3.63) is 33.7 Å². The number of thiophene rings is 1. The Morgan fingerprint density at radius 2 is 2.33 bits per heavy atom. The maximum atomic E-state index is 12.5. The first kappa shape index (κ1) is 12.6. The van der Waals surface area contributed by atoms with E-state index in [9.17, 15) is 9.59 Å². The largest absolute Gasteiger partial charge is 0.352 e. The molecule has 3 heterocycles. The third-order valence-corrected chi connectivity index (χ3v) is 4.60. The number of hydrogen-bond acceptors (Lipinski definition) is 4. The van der Waals surface area contributed by atoms with Crippen LogP contribution in [0.4, 0.5) is 0 Å². The van der Waals surface area contributed by atoms with Gasteiger partial charge in [0.25, 0.3) is 5.56 Å². The molecule has 3 aromatic heterocycles. The summed E-state index contributed by atoms with van der Waals surface area (Å²) in [6.45, 7) is 1.83. The van der Waals surface area contributed by atoms with Crippen LogP contribution < -0.4 is 10.9 Å². The van der Waals surface area contributed by atoms with Gasteiger partial charge in [-0.1, -0.05) is 0 Å². The molecule has 1 saturated carbocycles. The lowest BCUT2D eigenvalue weighted by Gasteiger charge is -2.08. The quantitative estimate of drug-likeness (QED) is 0.793. The molecule has 0 spiro atoms. The molecule has 4 rings (SSSR count). The Labute approximate surface area is 124 Å². The second kappa shape index (κ2) is 4.42. The molecule has 1 fully saturated rings. The minimum Gasteiger partial charge on any atom is -0.352 e. The molecule has 0 unspecified atom stereocenters. The fourth-order valence-electron chi connectivity index (χ4n) is 2.54. The summed E-state index contributed by atoms with van der Waals surface area (Å²) in [4.78, 5) is 25.4. The van der Waals surface area contributed by atoms with Gasteiger partial charge in [-0.05, 0) is 37.3 Å². The summed E-state index contributed by atoms with van der Waals surface area (Å²) in [5.74, 6) is 0.561.